The largest absolute Gasteiger partial charge is 0.346 e. The number of H-pyrrole nitrogens is 1. The third-order valence-corrected chi connectivity index (χ3v) is 4.33. The number of hydrogen-bond acceptors (Lipinski definition) is 4. The minimum Gasteiger partial charge on any atom is -0.346 e. The molecule has 0 unspecified atom stereocenters. The van der Waals surface area contributed by atoms with Crippen LogP contribution in [-0.2, 0) is 6.42 Å². The van der Waals surface area contributed by atoms with Crippen molar-refractivity contribution < 1.29 is 0 Å². The lowest BCUT2D eigenvalue weighted by molar-refractivity contribution is 1.15. The average Bonchev–Trinajstić information content (AvgIpc) is 3.07. The third-order valence-electron chi connectivity index (χ3n) is 4.08. The van der Waals surface area contributed by atoms with Crippen LogP contribution in [0.4, 0.5) is 11.5 Å². The Hall–Kier alpha value is -3.36. The molecule has 0 spiro atoms. The Balaban J connectivity index is 1.52. The molecule has 3 heterocycles. The Morgan fingerprint density at radius 1 is 1.08 bits per heavy atom. The van der Waals surface area contributed by atoms with Crippen molar-refractivity contribution in [2.24, 2.45) is 0 Å². The Kier molecular flexibility index (Phi) is 4.26. The van der Waals surface area contributed by atoms with Gasteiger partial charge >= 0.3 is 0 Å². The maximum atomic E-state index is 9.06. The summed E-state index contributed by atoms with van der Waals surface area (Å²) in [6.45, 7) is 0. The molecule has 0 saturated carbocycles. The van der Waals surface area contributed by atoms with Crippen LogP contribution in [0.5, 0.6) is 0 Å². The fourth-order valence-electron chi connectivity index (χ4n) is 2.77. The van der Waals surface area contributed by atoms with Gasteiger partial charge in [0, 0.05) is 41.1 Å². The summed E-state index contributed by atoms with van der Waals surface area (Å²) < 4.78 is 0. The quantitative estimate of drug-likeness (QED) is 0.547. The second kappa shape index (κ2) is 6.87. The van der Waals surface area contributed by atoms with Crippen LogP contribution in [0.25, 0.3) is 11.0 Å². The van der Waals surface area contributed by atoms with E-state index >= 15 is 0 Å². The van der Waals surface area contributed by atoms with E-state index in [0.717, 1.165) is 33.7 Å². The molecule has 4 rings (SSSR count). The molecule has 0 aliphatic rings. The van der Waals surface area contributed by atoms with Gasteiger partial charge in [-0.1, -0.05) is 17.7 Å². The first-order valence-electron chi connectivity index (χ1n) is 8.05. The Morgan fingerprint density at radius 3 is 2.65 bits per heavy atom. The van der Waals surface area contributed by atoms with Crippen molar-refractivity contribution in [3.05, 3.63) is 82.8 Å². The van der Waals surface area contributed by atoms with Crippen LogP contribution in [0.1, 0.15) is 16.7 Å². The van der Waals surface area contributed by atoms with Gasteiger partial charge in [-0.3, -0.25) is 0 Å². The van der Waals surface area contributed by atoms with Gasteiger partial charge in [0.05, 0.1) is 5.56 Å². The number of rotatable bonds is 4. The zero-order valence-electron chi connectivity index (χ0n) is 13.7. The predicted molar refractivity (Wildman–Crippen MR) is 103 cm³/mol. The summed E-state index contributed by atoms with van der Waals surface area (Å²) in [5, 5.41) is 14.0. The first-order valence-corrected chi connectivity index (χ1v) is 8.43. The second-order valence-electron chi connectivity index (χ2n) is 5.91. The highest BCUT2D eigenvalue weighted by atomic mass is 35.5. The van der Waals surface area contributed by atoms with E-state index in [0.29, 0.717) is 17.0 Å². The molecule has 0 atom stereocenters. The average molecular weight is 360 g/mol. The fraction of sp³-hybridized carbons (Fsp3) is 0.0500. The number of nitriles is 1. The van der Waals surface area contributed by atoms with E-state index in [9.17, 15) is 0 Å². The molecule has 1 aromatic carbocycles. The first kappa shape index (κ1) is 16.1. The second-order valence-corrected chi connectivity index (χ2v) is 6.34. The van der Waals surface area contributed by atoms with Crippen molar-refractivity contribution >= 4 is 34.1 Å². The summed E-state index contributed by atoms with van der Waals surface area (Å²) in [5.74, 6) is 0.767. The van der Waals surface area contributed by atoms with E-state index in [1.165, 1.54) is 0 Å². The fourth-order valence-corrected chi connectivity index (χ4v) is 2.90. The Morgan fingerprint density at radius 2 is 1.92 bits per heavy atom. The van der Waals surface area contributed by atoms with Crippen molar-refractivity contribution in [2.75, 3.05) is 5.32 Å². The lowest BCUT2D eigenvalue weighted by Crippen LogP contribution is -1.95. The molecule has 26 heavy (non-hydrogen) atoms. The molecule has 5 nitrogen and oxygen atoms in total. The van der Waals surface area contributed by atoms with Crippen LogP contribution in [0.3, 0.4) is 0 Å². The van der Waals surface area contributed by atoms with Crippen LogP contribution in [0.2, 0.25) is 5.02 Å². The number of anilines is 2. The van der Waals surface area contributed by atoms with Crippen molar-refractivity contribution in [3.63, 3.8) is 0 Å². The van der Waals surface area contributed by atoms with Gasteiger partial charge in [-0.15, -0.1) is 0 Å². The van der Waals surface area contributed by atoms with Gasteiger partial charge in [-0.25, -0.2) is 9.97 Å². The van der Waals surface area contributed by atoms with Crippen LogP contribution in [0.15, 0.2) is 61.1 Å². The van der Waals surface area contributed by atoms with E-state index < -0.39 is 0 Å². The van der Waals surface area contributed by atoms with Crippen LogP contribution in [0, 0.1) is 11.3 Å². The molecule has 6 heteroatoms. The highest BCUT2D eigenvalue weighted by Gasteiger charge is 2.07. The molecule has 0 amide bonds. The number of pyridine rings is 2. The molecule has 0 radical (unpaired) electrons. The summed E-state index contributed by atoms with van der Waals surface area (Å²) >= 11 is 5.90. The molecule has 0 aliphatic heterocycles. The third kappa shape index (κ3) is 3.37. The monoisotopic (exact) mass is 359 g/mol. The summed E-state index contributed by atoms with van der Waals surface area (Å²) in [4.78, 5) is 11.9. The molecule has 2 N–H and O–H groups in total. The molecule has 0 aliphatic carbocycles. The summed E-state index contributed by atoms with van der Waals surface area (Å²) in [7, 11) is 0. The van der Waals surface area contributed by atoms with Crippen LogP contribution < -0.4 is 5.32 Å². The van der Waals surface area contributed by atoms with Gasteiger partial charge in [0.1, 0.15) is 17.5 Å². The summed E-state index contributed by atoms with van der Waals surface area (Å²) in [5.41, 5.74) is 4.44. The van der Waals surface area contributed by atoms with Crippen molar-refractivity contribution in [1.29, 1.82) is 5.26 Å². The minimum absolute atomic E-state index is 0.555. The number of hydrogen-bond donors (Lipinski definition) is 2. The molecule has 126 valence electrons. The maximum Gasteiger partial charge on any atom is 0.137 e. The lowest BCUT2D eigenvalue weighted by Gasteiger charge is -2.07. The van der Waals surface area contributed by atoms with Crippen molar-refractivity contribution in [2.45, 2.75) is 6.42 Å². The number of aromatic amines is 1. The molecule has 0 fully saturated rings. The number of fused-ring (bicyclic) bond motifs is 1. The first-order chi connectivity index (χ1) is 12.7. The number of halogens is 1. The van der Waals surface area contributed by atoms with Gasteiger partial charge in [-0.05, 0) is 47.5 Å². The molecule has 0 saturated heterocycles. The van der Waals surface area contributed by atoms with Crippen molar-refractivity contribution in [1.82, 2.24) is 15.0 Å². The zero-order valence-corrected chi connectivity index (χ0v) is 14.5. The SMILES string of the molecule is N#Cc1cnc2[nH]cc(Cc3ccc(Nc4ccc(Cl)cc4)nc3)c2c1. The Labute approximate surface area is 155 Å². The highest BCUT2D eigenvalue weighted by molar-refractivity contribution is 6.30. The van der Waals surface area contributed by atoms with Crippen molar-refractivity contribution in [3.8, 4) is 6.07 Å². The Bertz CT molecular complexity index is 1090. The smallest absolute Gasteiger partial charge is 0.137 e. The van der Waals surface area contributed by atoms with Gasteiger partial charge in [0.25, 0.3) is 0 Å². The van der Waals surface area contributed by atoms with Gasteiger partial charge in [-0.2, -0.15) is 5.26 Å². The number of benzene rings is 1. The highest BCUT2D eigenvalue weighted by Crippen LogP contribution is 2.22. The van der Waals surface area contributed by atoms with Gasteiger partial charge in [0.15, 0.2) is 0 Å². The van der Waals surface area contributed by atoms with Gasteiger partial charge < -0.3 is 10.3 Å². The normalized spacial score (nSPS) is 10.6. The number of nitrogens with one attached hydrogen (secondary N) is 2. The minimum atomic E-state index is 0.555. The molecular formula is C20H14ClN5. The number of nitrogens with zero attached hydrogens (tertiary/aromatic N) is 3. The summed E-state index contributed by atoms with van der Waals surface area (Å²) in [6, 6.07) is 15.4. The number of aromatic nitrogens is 3. The van der Waals surface area contributed by atoms with Gasteiger partial charge in [0.2, 0.25) is 0 Å². The van der Waals surface area contributed by atoms with E-state index in [1.807, 2.05) is 54.9 Å². The molecule has 0 bridgehead atoms. The topological polar surface area (TPSA) is 77.4 Å². The van der Waals surface area contributed by atoms with E-state index in [2.05, 4.69) is 26.3 Å². The molecule has 4 aromatic rings. The van der Waals surface area contributed by atoms with Crippen LogP contribution in [-0.4, -0.2) is 15.0 Å². The maximum absolute atomic E-state index is 9.06. The molecule has 3 aromatic heterocycles. The standard InChI is InChI=1S/C20H14ClN5/c21-16-2-4-17(5-3-16)26-19-6-1-13(10-23-19)7-15-12-25-20-18(15)8-14(9-22)11-24-20/h1-6,8,10-12H,7H2,(H,23,26)(H,24,25). The summed E-state index contributed by atoms with van der Waals surface area (Å²) in [6.07, 6.45) is 6.06. The van der Waals surface area contributed by atoms with E-state index in [4.69, 9.17) is 16.9 Å². The lowest BCUT2D eigenvalue weighted by atomic mass is 10.1. The molecular weight excluding hydrogens is 346 g/mol. The zero-order chi connectivity index (χ0) is 17.9. The van der Waals surface area contributed by atoms with E-state index in [-0.39, 0.29) is 0 Å². The van der Waals surface area contributed by atoms with E-state index in [1.54, 1.807) is 6.20 Å². The van der Waals surface area contributed by atoms with Crippen LogP contribution >= 0.6 is 11.6 Å². The predicted octanol–water partition coefficient (Wildman–Crippen LogP) is 4.82.